The van der Waals surface area contributed by atoms with Crippen LogP contribution in [0.2, 0.25) is 5.02 Å². The van der Waals surface area contributed by atoms with E-state index in [4.69, 9.17) is 17.3 Å². The van der Waals surface area contributed by atoms with Crippen LogP contribution in [0.4, 0.5) is 11.4 Å². The molecule has 3 N–H and O–H groups in total. The fourth-order valence-corrected chi connectivity index (χ4v) is 3.63. The second-order valence-electron chi connectivity index (χ2n) is 7.49. The first kappa shape index (κ1) is 21.0. The van der Waals surface area contributed by atoms with Crippen LogP contribution in [0.25, 0.3) is 5.69 Å². The van der Waals surface area contributed by atoms with Gasteiger partial charge in [-0.3, -0.25) is 9.35 Å². The van der Waals surface area contributed by atoms with Crippen molar-refractivity contribution in [2.75, 3.05) is 4.31 Å². The van der Waals surface area contributed by atoms with E-state index in [1.54, 1.807) is 30.3 Å². The zero-order valence-electron chi connectivity index (χ0n) is 16.2. The maximum absolute atomic E-state index is 12.3. The van der Waals surface area contributed by atoms with Gasteiger partial charge in [0.15, 0.2) is 0 Å². The maximum Gasteiger partial charge on any atom is 0.266 e. The lowest BCUT2D eigenvalue weighted by Crippen LogP contribution is -2.21. The molecule has 3 aromatic rings. The zero-order valence-corrected chi connectivity index (χ0v) is 17.7. The van der Waals surface area contributed by atoms with Crippen LogP contribution in [0.15, 0.2) is 54.9 Å². The van der Waals surface area contributed by atoms with Gasteiger partial charge in [-0.1, -0.05) is 44.5 Å². The van der Waals surface area contributed by atoms with Gasteiger partial charge in [-0.2, -0.15) is 5.10 Å². The number of rotatable bonds is 5. The number of amides is 1. The predicted octanol–water partition coefficient (Wildman–Crippen LogP) is 4.20. The van der Waals surface area contributed by atoms with E-state index in [9.17, 15) is 13.6 Å². The van der Waals surface area contributed by atoms with Crippen LogP contribution >= 0.6 is 11.6 Å². The molecule has 1 atom stereocenters. The molecule has 7 nitrogen and oxygen atoms in total. The summed E-state index contributed by atoms with van der Waals surface area (Å²) in [5.74, 6) is -0.625. The monoisotopic (exact) mass is 432 g/mol. The van der Waals surface area contributed by atoms with Gasteiger partial charge in [0, 0.05) is 11.2 Å². The Bertz CT molecular complexity index is 1070. The molecule has 0 saturated heterocycles. The van der Waals surface area contributed by atoms with Gasteiger partial charge in [-0.25, -0.2) is 13.2 Å². The molecule has 1 unspecified atom stereocenters. The van der Waals surface area contributed by atoms with Crippen LogP contribution in [0, 0.1) is 0 Å². The minimum Gasteiger partial charge on any atom is -0.366 e. The minimum atomic E-state index is -2.37. The number of carbonyl (C=O) groups excluding carboxylic acids is 1. The van der Waals surface area contributed by atoms with Crippen LogP contribution in [-0.2, 0) is 16.7 Å². The van der Waals surface area contributed by atoms with E-state index in [1.807, 2.05) is 12.1 Å². The highest BCUT2D eigenvalue weighted by molar-refractivity contribution is 7.81. The van der Waals surface area contributed by atoms with Crippen molar-refractivity contribution in [1.29, 1.82) is 0 Å². The number of carbonyl (C=O) groups is 1. The summed E-state index contributed by atoms with van der Waals surface area (Å²) >= 11 is 3.78. The van der Waals surface area contributed by atoms with Crippen molar-refractivity contribution < 1.29 is 13.6 Å². The van der Waals surface area contributed by atoms with Crippen molar-refractivity contribution >= 4 is 40.1 Å². The fourth-order valence-electron chi connectivity index (χ4n) is 2.84. The second kappa shape index (κ2) is 7.98. The number of hydrogen-bond donors (Lipinski definition) is 2. The Morgan fingerprint density at radius 3 is 2.38 bits per heavy atom. The number of benzene rings is 2. The summed E-state index contributed by atoms with van der Waals surface area (Å²) in [5, 5.41) is 4.55. The fraction of sp³-hybridized carbons (Fsp3) is 0.200. The van der Waals surface area contributed by atoms with Gasteiger partial charge in [-0.15, -0.1) is 0 Å². The molecule has 0 fully saturated rings. The lowest BCUT2D eigenvalue weighted by Gasteiger charge is -2.25. The Morgan fingerprint density at radius 2 is 1.86 bits per heavy atom. The Labute approximate surface area is 176 Å². The quantitative estimate of drug-likeness (QED) is 0.590. The Morgan fingerprint density at radius 1 is 1.21 bits per heavy atom. The van der Waals surface area contributed by atoms with Crippen molar-refractivity contribution in [1.82, 2.24) is 9.78 Å². The van der Waals surface area contributed by atoms with Crippen molar-refractivity contribution in [3.63, 3.8) is 0 Å². The predicted molar refractivity (Wildman–Crippen MR) is 115 cm³/mol. The van der Waals surface area contributed by atoms with Gasteiger partial charge in [0.2, 0.25) is 0 Å². The van der Waals surface area contributed by atoms with E-state index in [1.165, 1.54) is 21.4 Å². The molecule has 0 aliphatic rings. The van der Waals surface area contributed by atoms with Gasteiger partial charge >= 0.3 is 0 Å². The Hall–Kier alpha value is -2.68. The molecule has 0 radical (unpaired) electrons. The molecule has 0 spiro atoms. The van der Waals surface area contributed by atoms with Crippen molar-refractivity contribution in [3.8, 4) is 5.69 Å². The van der Waals surface area contributed by atoms with E-state index in [0.29, 0.717) is 22.1 Å². The van der Waals surface area contributed by atoms with Crippen LogP contribution in [0.1, 0.15) is 36.7 Å². The highest BCUT2D eigenvalue weighted by Gasteiger charge is 2.22. The van der Waals surface area contributed by atoms with Crippen molar-refractivity contribution in [2.45, 2.75) is 26.2 Å². The number of nitrogens with two attached hydrogens (primary N) is 1. The third kappa shape index (κ3) is 4.50. The van der Waals surface area contributed by atoms with Gasteiger partial charge in [-0.05, 0) is 41.3 Å². The zero-order chi connectivity index (χ0) is 21.3. The number of hydrogen-bond acceptors (Lipinski definition) is 3. The highest BCUT2D eigenvalue weighted by Crippen LogP contribution is 2.35. The van der Waals surface area contributed by atoms with Gasteiger partial charge < -0.3 is 5.73 Å². The first-order chi connectivity index (χ1) is 13.6. The van der Waals surface area contributed by atoms with E-state index in [-0.39, 0.29) is 11.0 Å². The molecule has 0 aliphatic carbocycles. The summed E-state index contributed by atoms with van der Waals surface area (Å²) in [6, 6.07) is 12.2. The van der Waals surface area contributed by atoms with Crippen LogP contribution in [0.3, 0.4) is 0 Å². The topological polar surface area (TPSA) is 101 Å². The largest absolute Gasteiger partial charge is 0.366 e. The highest BCUT2D eigenvalue weighted by atomic mass is 35.5. The maximum atomic E-state index is 12.3. The molecule has 1 heterocycles. The number of anilines is 2. The molecule has 0 saturated carbocycles. The lowest BCUT2D eigenvalue weighted by molar-refractivity contribution is 0.1000. The van der Waals surface area contributed by atoms with E-state index < -0.39 is 17.2 Å². The number of halogens is 1. The molecule has 1 amide bonds. The first-order valence-electron chi connectivity index (χ1n) is 8.74. The second-order valence-corrected chi connectivity index (χ2v) is 8.76. The summed E-state index contributed by atoms with van der Waals surface area (Å²) in [7, 11) is 0. The first-order valence-corrected chi connectivity index (χ1v) is 10.2. The van der Waals surface area contributed by atoms with Crippen molar-refractivity contribution in [2.24, 2.45) is 5.73 Å². The summed E-state index contributed by atoms with van der Waals surface area (Å²) in [4.78, 5) is 11.4. The molecule has 2 aromatic carbocycles. The van der Waals surface area contributed by atoms with E-state index in [0.717, 1.165) is 5.56 Å². The van der Waals surface area contributed by atoms with Gasteiger partial charge in [0.1, 0.15) is 0 Å². The molecular formula is C20H21ClN4O3S. The SMILES string of the molecule is CC(C)(C)c1ccc(N(c2ccc(Cl)cc2-n2cc(C(N)=O)cn2)S(=O)O)cc1. The molecule has 1 aromatic heterocycles. The minimum absolute atomic E-state index is 0.0482. The van der Waals surface area contributed by atoms with E-state index in [2.05, 4.69) is 25.9 Å². The summed E-state index contributed by atoms with van der Waals surface area (Å²) < 4.78 is 25.0. The molecular weight excluding hydrogens is 412 g/mol. The summed E-state index contributed by atoms with van der Waals surface area (Å²) in [6.07, 6.45) is 2.77. The molecule has 3 rings (SSSR count). The third-order valence-corrected chi connectivity index (χ3v) is 5.35. The molecule has 29 heavy (non-hydrogen) atoms. The molecule has 0 bridgehead atoms. The Balaban J connectivity index is 2.13. The smallest absolute Gasteiger partial charge is 0.266 e. The standard InChI is InChI=1S/C20H21ClN4O3S/c1-20(2,3)14-4-7-16(8-5-14)25(29(27)28)17-9-6-15(21)10-18(17)24-12-13(11-23-24)19(22)26/h4-12H,1-3H3,(H2,22,26)(H,27,28). The van der Waals surface area contributed by atoms with Gasteiger partial charge in [0.05, 0.1) is 28.8 Å². The molecule has 9 heteroatoms. The van der Waals surface area contributed by atoms with Crippen LogP contribution in [0.5, 0.6) is 0 Å². The van der Waals surface area contributed by atoms with Crippen LogP contribution < -0.4 is 10.0 Å². The number of nitrogens with zero attached hydrogens (tertiary/aromatic N) is 3. The average Bonchev–Trinajstić information content (AvgIpc) is 3.13. The summed E-state index contributed by atoms with van der Waals surface area (Å²) in [6.45, 7) is 6.28. The molecule has 0 aliphatic heterocycles. The van der Waals surface area contributed by atoms with Crippen LogP contribution in [-0.4, -0.2) is 24.4 Å². The number of primary amides is 1. The van der Waals surface area contributed by atoms with Gasteiger partial charge in [0.25, 0.3) is 17.2 Å². The average molecular weight is 433 g/mol. The Kier molecular flexibility index (Phi) is 5.79. The van der Waals surface area contributed by atoms with Crippen molar-refractivity contribution in [3.05, 3.63) is 71.0 Å². The number of aromatic nitrogens is 2. The third-order valence-electron chi connectivity index (χ3n) is 4.39. The lowest BCUT2D eigenvalue weighted by atomic mass is 9.87. The molecule has 152 valence electrons. The van der Waals surface area contributed by atoms with E-state index >= 15 is 0 Å². The summed E-state index contributed by atoms with van der Waals surface area (Å²) in [5.41, 5.74) is 7.89. The normalized spacial score (nSPS) is 12.6.